The van der Waals surface area contributed by atoms with Gasteiger partial charge >= 0.3 is 0 Å². The normalized spacial score (nSPS) is 5.71. The van der Waals surface area contributed by atoms with Gasteiger partial charge in [-0.1, -0.05) is 0 Å². The summed E-state index contributed by atoms with van der Waals surface area (Å²) in [5.74, 6) is 0. The smallest absolute Gasteiger partial charge is 0.0791 e. The minimum absolute atomic E-state index is 0. The summed E-state index contributed by atoms with van der Waals surface area (Å²) in [6.07, 6.45) is 1.77. The number of nitrogens with zero attached hydrogens (tertiary/aromatic N) is 1. The fraction of sp³-hybridized carbons (Fsp3) is 0. The molecular weight excluding hydrogens is 177 g/mol. The van der Waals surface area contributed by atoms with E-state index in [9.17, 15) is 0 Å². The molecule has 0 amide bonds. The molecule has 0 aromatic carbocycles. The van der Waals surface area contributed by atoms with Gasteiger partial charge in [0.1, 0.15) is 0 Å². The molecule has 0 N–H and O–H groups in total. The van der Waals surface area contributed by atoms with E-state index >= 15 is 0 Å². The summed E-state index contributed by atoms with van der Waals surface area (Å²) in [6, 6.07) is 0. The molecule has 1 unspecified atom stereocenters. The molecule has 0 fully saturated rings. The molecule has 1 nitrogen and oxygen atoms in total. The van der Waals surface area contributed by atoms with E-state index in [4.69, 9.17) is 0 Å². The molecule has 0 aliphatic carbocycles. The van der Waals surface area contributed by atoms with Gasteiger partial charge in [0, 0.05) is 28.6 Å². The number of thiazole rings is 1. The molecule has 0 saturated carbocycles. The van der Waals surface area contributed by atoms with Crippen LogP contribution in [-0.2, 0) is 17.1 Å². The summed E-state index contributed by atoms with van der Waals surface area (Å²) in [4.78, 5) is 3.74. The van der Waals surface area contributed by atoms with Gasteiger partial charge in [-0.05, 0) is 0 Å². The van der Waals surface area contributed by atoms with Crippen molar-refractivity contribution in [1.82, 2.24) is 4.98 Å². The monoisotopic (exact) mass is 182 g/mol. The Balaban J connectivity index is 0. The van der Waals surface area contributed by atoms with Gasteiger partial charge in [-0.15, -0.1) is 11.3 Å². The Bertz CT molecular complexity index is 71.4. The van der Waals surface area contributed by atoms with Crippen LogP contribution in [0.4, 0.5) is 0 Å². The second kappa shape index (κ2) is 6.58. The van der Waals surface area contributed by atoms with Crippen LogP contribution in [0, 0.1) is 0 Å². The van der Waals surface area contributed by atoms with Crippen molar-refractivity contribution in [2.45, 2.75) is 0 Å². The molecule has 4 heteroatoms. The first-order chi connectivity index (χ1) is 2.50. The van der Waals surface area contributed by atoms with Gasteiger partial charge in [0.15, 0.2) is 0 Å². The zero-order valence-electron chi connectivity index (χ0n) is 3.60. The maximum Gasteiger partial charge on any atom is 0.0791 e. The fourth-order valence-corrected chi connectivity index (χ4v) is 0.527. The van der Waals surface area contributed by atoms with Gasteiger partial charge in [-0.3, -0.25) is 4.98 Å². The number of aromatic nitrogens is 1. The van der Waals surface area contributed by atoms with Crippen molar-refractivity contribution < 1.29 is 17.1 Å². The first-order valence-electron chi connectivity index (χ1n) is 1.32. The third-order valence-corrected chi connectivity index (χ3v) is 0.869. The summed E-state index contributed by atoms with van der Waals surface area (Å²) in [5.41, 5.74) is 1.79. The molecule has 1 atom stereocenters. The van der Waals surface area contributed by atoms with Crippen LogP contribution in [0.15, 0.2) is 17.1 Å². The molecule has 0 bridgehead atoms. The van der Waals surface area contributed by atoms with E-state index in [2.05, 4.69) is 4.98 Å². The fourth-order valence-electron chi connectivity index (χ4n) is 0.176. The van der Waals surface area contributed by atoms with E-state index in [-0.39, 0.29) is 27.0 Å². The minimum Gasteiger partial charge on any atom is -0.253 e. The van der Waals surface area contributed by atoms with E-state index in [1.165, 1.54) is 0 Å². The van der Waals surface area contributed by atoms with Gasteiger partial charge in [0.05, 0.1) is 5.51 Å². The Kier molecular flexibility index (Phi) is 9.91. The van der Waals surface area contributed by atoms with Crippen molar-refractivity contribution in [2.75, 3.05) is 0 Å². The Morgan fingerprint density at radius 3 is 2.29 bits per heavy atom. The quantitative estimate of drug-likeness (QED) is 0.434. The summed E-state index contributed by atoms with van der Waals surface area (Å²) in [7, 11) is 0. The largest absolute Gasteiger partial charge is 0.253 e. The standard InChI is InChI=1S/C3H3NS.Cu.H3P/c1-2-5-3-4-1;;/h1-3H;;1H3. The maximum atomic E-state index is 3.74. The molecule has 1 rings (SSSR count). The van der Waals surface area contributed by atoms with Crippen LogP contribution in [-0.4, -0.2) is 4.98 Å². The number of rotatable bonds is 0. The summed E-state index contributed by atoms with van der Waals surface area (Å²) < 4.78 is 0. The second-order valence-electron chi connectivity index (χ2n) is 0.676. The first-order valence-corrected chi connectivity index (χ1v) is 2.26. The summed E-state index contributed by atoms with van der Waals surface area (Å²) in [5, 5.41) is 1.93. The molecule has 1 aromatic rings. The van der Waals surface area contributed by atoms with Crippen LogP contribution in [0.25, 0.3) is 0 Å². The SMILES string of the molecule is P.[Cu].c1cscn1. The van der Waals surface area contributed by atoms with E-state index in [1.807, 2.05) is 5.38 Å². The molecule has 0 aliphatic heterocycles. The number of hydrogen-bond acceptors (Lipinski definition) is 2. The molecule has 0 aliphatic rings. The van der Waals surface area contributed by atoms with Gasteiger partial charge in [-0.25, -0.2) is 0 Å². The third-order valence-electron chi connectivity index (χ3n) is 0.347. The van der Waals surface area contributed by atoms with Gasteiger partial charge in [-0.2, -0.15) is 9.90 Å². The van der Waals surface area contributed by atoms with Gasteiger partial charge in [0.25, 0.3) is 0 Å². The van der Waals surface area contributed by atoms with E-state index in [0.29, 0.717) is 0 Å². The van der Waals surface area contributed by atoms with Crippen molar-refractivity contribution in [3.8, 4) is 0 Å². The average Bonchev–Trinajstić information content (AvgIpc) is 1.76. The van der Waals surface area contributed by atoms with Crippen LogP contribution >= 0.6 is 21.2 Å². The molecule has 7 heavy (non-hydrogen) atoms. The van der Waals surface area contributed by atoms with Gasteiger partial charge in [0.2, 0.25) is 0 Å². The Labute approximate surface area is 60.6 Å². The molecule has 1 radical (unpaired) electrons. The Morgan fingerprint density at radius 2 is 2.14 bits per heavy atom. The Morgan fingerprint density at radius 1 is 1.43 bits per heavy atom. The van der Waals surface area contributed by atoms with Crippen molar-refractivity contribution >= 4 is 21.2 Å². The molecule has 1 aromatic heterocycles. The van der Waals surface area contributed by atoms with Crippen molar-refractivity contribution in [3.05, 3.63) is 17.1 Å². The average molecular weight is 183 g/mol. The van der Waals surface area contributed by atoms with Crippen LogP contribution in [0.3, 0.4) is 0 Å². The topological polar surface area (TPSA) is 12.9 Å². The second-order valence-corrected chi connectivity index (χ2v) is 1.43. The van der Waals surface area contributed by atoms with Crippen molar-refractivity contribution in [1.29, 1.82) is 0 Å². The first kappa shape index (κ1) is 10.5. The van der Waals surface area contributed by atoms with Crippen LogP contribution in [0.1, 0.15) is 0 Å². The predicted molar refractivity (Wildman–Crippen MR) is 33.2 cm³/mol. The summed E-state index contributed by atoms with van der Waals surface area (Å²) >= 11 is 1.60. The van der Waals surface area contributed by atoms with E-state index in [1.54, 1.807) is 23.0 Å². The van der Waals surface area contributed by atoms with E-state index in [0.717, 1.165) is 0 Å². The van der Waals surface area contributed by atoms with Crippen LogP contribution in [0.5, 0.6) is 0 Å². The van der Waals surface area contributed by atoms with Crippen LogP contribution < -0.4 is 0 Å². The predicted octanol–water partition coefficient (Wildman–Crippen LogP) is 1.20. The van der Waals surface area contributed by atoms with Crippen molar-refractivity contribution in [2.24, 2.45) is 0 Å². The van der Waals surface area contributed by atoms with Crippen molar-refractivity contribution in [3.63, 3.8) is 0 Å². The molecule has 0 spiro atoms. The maximum absolute atomic E-state index is 3.74. The zero-order chi connectivity index (χ0) is 3.54. The Hall–Kier alpha value is 0.579. The zero-order valence-corrected chi connectivity index (χ0v) is 6.77. The van der Waals surface area contributed by atoms with E-state index < -0.39 is 0 Å². The van der Waals surface area contributed by atoms with Crippen LogP contribution in [0.2, 0.25) is 0 Å². The molecule has 45 valence electrons. The molecule has 1 heterocycles. The molecular formula is C3H6CuNPS. The summed E-state index contributed by atoms with van der Waals surface area (Å²) in [6.45, 7) is 0. The number of hydrogen-bond donors (Lipinski definition) is 0. The van der Waals surface area contributed by atoms with Gasteiger partial charge < -0.3 is 0 Å². The third kappa shape index (κ3) is 4.43. The minimum atomic E-state index is 0. The molecule has 0 saturated heterocycles.